The van der Waals surface area contributed by atoms with Gasteiger partial charge in [0.15, 0.2) is 0 Å². The van der Waals surface area contributed by atoms with Crippen molar-refractivity contribution < 1.29 is 19.0 Å². The largest absolute Gasteiger partial charge is 0.497 e. The minimum atomic E-state index is -0.425. The SMILES string of the molecule is COc1ccc2c(c1)OC1(CCN(C(=O)OCc3ccccc3)C1)CN2. The van der Waals surface area contributed by atoms with Gasteiger partial charge in [0.1, 0.15) is 23.7 Å². The topological polar surface area (TPSA) is 60.0 Å². The van der Waals surface area contributed by atoms with E-state index in [1.807, 2.05) is 48.5 Å². The second-order valence-corrected chi connectivity index (χ2v) is 6.71. The van der Waals surface area contributed by atoms with Crippen LogP contribution in [0.15, 0.2) is 48.5 Å². The molecule has 0 radical (unpaired) electrons. The first-order valence-corrected chi connectivity index (χ1v) is 8.74. The van der Waals surface area contributed by atoms with E-state index in [0.29, 0.717) is 19.6 Å². The van der Waals surface area contributed by atoms with Gasteiger partial charge < -0.3 is 24.4 Å². The number of hydrogen-bond acceptors (Lipinski definition) is 5. The number of carbonyl (C=O) groups excluding carboxylic acids is 1. The van der Waals surface area contributed by atoms with Crippen molar-refractivity contribution in [2.45, 2.75) is 18.6 Å². The Balaban J connectivity index is 1.39. The Morgan fingerprint density at radius 2 is 2.12 bits per heavy atom. The smallest absolute Gasteiger partial charge is 0.410 e. The fourth-order valence-corrected chi connectivity index (χ4v) is 3.42. The van der Waals surface area contributed by atoms with Crippen LogP contribution in [0.25, 0.3) is 0 Å². The number of ether oxygens (including phenoxy) is 3. The summed E-state index contributed by atoms with van der Waals surface area (Å²) >= 11 is 0. The summed E-state index contributed by atoms with van der Waals surface area (Å²) in [6, 6.07) is 15.4. The minimum absolute atomic E-state index is 0.280. The molecule has 4 rings (SSSR count). The highest BCUT2D eigenvalue weighted by Crippen LogP contribution is 2.39. The van der Waals surface area contributed by atoms with E-state index in [0.717, 1.165) is 29.2 Å². The van der Waals surface area contributed by atoms with Crippen LogP contribution in [0.5, 0.6) is 11.5 Å². The molecule has 1 fully saturated rings. The number of methoxy groups -OCH3 is 1. The van der Waals surface area contributed by atoms with Crippen LogP contribution < -0.4 is 14.8 Å². The molecule has 2 aromatic carbocycles. The lowest BCUT2D eigenvalue weighted by molar-refractivity contribution is 0.0688. The van der Waals surface area contributed by atoms with Gasteiger partial charge in [0.05, 0.1) is 25.9 Å². The molecule has 0 aliphatic carbocycles. The van der Waals surface area contributed by atoms with E-state index in [1.54, 1.807) is 12.0 Å². The number of carbonyl (C=O) groups is 1. The Morgan fingerprint density at radius 1 is 1.27 bits per heavy atom. The Labute approximate surface area is 152 Å². The number of benzene rings is 2. The Hall–Kier alpha value is -2.89. The summed E-state index contributed by atoms with van der Waals surface area (Å²) in [5.74, 6) is 1.51. The Morgan fingerprint density at radius 3 is 2.92 bits per heavy atom. The van der Waals surface area contributed by atoms with Crippen molar-refractivity contribution in [2.24, 2.45) is 0 Å². The summed E-state index contributed by atoms with van der Waals surface area (Å²) in [5.41, 5.74) is 1.50. The lowest BCUT2D eigenvalue weighted by Crippen LogP contribution is -2.48. The van der Waals surface area contributed by atoms with Gasteiger partial charge in [-0.25, -0.2) is 4.79 Å². The van der Waals surface area contributed by atoms with Crippen LogP contribution >= 0.6 is 0 Å². The molecule has 1 atom stereocenters. The van der Waals surface area contributed by atoms with Crippen LogP contribution in [0.4, 0.5) is 10.5 Å². The van der Waals surface area contributed by atoms with Crippen molar-refractivity contribution in [3.8, 4) is 11.5 Å². The third-order valence-corrected chi connectivity index (χ3v) is 4.90. The first-order chi connectivity index (χ1) is 12.7. The highest BCUT2D eigenvalue weighted by Gasteiger charge is 2.45. The number of fused-ring (bicyclic) bond motifs is 1. The molecule has 1 unspecified atom stereocenters. The van der Waals surface area contributed by atoms with Gasteiger partial charge in [-0.2, -0.15) is 0 Å². The number of hydrogen-bond donors (Lipinski definition) is 1. The van der Waals surface area contributed by atoms with E-state index >= 15 is 0 Å². The fourth-order valence-electron chi connectivity index (χ4n) is 3.42. The van der Waals surface area contributed by atoms with E-state index in [9.17, 15) is 4.79 Å². The summed E-state index contributed by atoms with van der Waals surface area (Å²) in [6.07, 6.45) is 0.461. The molecule has 2 aliphatic rings. The van der Waals surface area contributed by atoms with Crippen molar-refractivity contribution in [3.05, 3.63) is 54.1 Å². The molecule has 2 aliphatic heterocycles. The second kappa shape index (κ2) is 6.78. The van der Waals surface area contributed by atoms with E-state index in [-0.39, 0.29) is 12.7 Å². The van der Waals surface area contributed by atoms with Crippen LogP contribution in [0, 0.1) is 0 Å². The quantitative estimate of drug-likeness (QED) is 0.917. The zero-order chi connectivity index (χ0) is 18.0. The molecule has 0 saturated carbocycles. The first kappa shape index (κ1) is 16.6. The maximum atomic E-state index is 12.4. The number of nitrogens with zero attached hydrogens (tertiary/aromatic N) is 1. The van der Waals surface area contributed by atoms with Gasteiger partial charge in [-0.3, -0.25) is 0 Å². The van der Waals surface area contributed by atoms with Crippen molar-refractivity contribution in [1.29, 1.82) is 0 Å². The highest BCUT2D eigenvalue weighted by atomic mass is 16.6. The van der Waals surface area contributed by atoms with E-state index in [1.165, 1.54) is 0 Å². The van der Waals surface area contributed by atoms with Crippen LogP contribution in [0.3, 0.4) is 0 Å². The van der Waals surface area contributed by atoms with Gasteiger partial charge >= 0.3 is 6.09 Å². The van der Waals surface area contributed by atoms with Gasteiger partial charge in [-0.15, -0.1) is 0 Å². The van der Waals surface area contributed by atoms with Gasteiger partial charge in [0.2, 0.25) is 0 Å². The molecular weight excluding hydrogens is 332 g/mol. The average Bonchev–Trinajstić information content (AvgIpc) is 3.09. The average molecular weight is 354 g/mol. The van der Waals surface area contributed by atoms with Crippen molar-refractivity contribution >= 4 is 11.8 Å². The number of rotatable bonds is 3. The molecule has 0 aromatic heterocycles. The monoisotopic (exact) mass is 354 g/mol. The molecule has 6 heteroatoms. The van der Waals surface area contributed by atoms with Crippen LogP contribution in [0.2, 0.25) is 0 Å². The van der Waals surface area contributed by atoms with Gasteiger partial charge in [0, 0.05) is 19.0 Å². The van der Waals surface area contributed by atoms with Gasteiger partial charge in [-0.05, 0) is 17.7 Å². The zero-order valence-electron chi connectivity index (χ0n) is 14.7. The minimum Gasteiger partial charge on any atom is -0.497 e. The molecule has 2 heterocycles. The molecule has 26 heavy (non-hydrogen) atoms. The molecule has 1 saturated heterocycles. The van der Waals surface area contributed by atoms with Crippen molar-refractivity contribution in [1.82, 2.24) is 4.90 Å². The second-order valence-electron chi connectivity index (χ2n) is 6.71. The van der Waals surface area contributed by atoms with Gasteiger partial charge in [-0.1, -0.05) is 30.3 Å². The van der Waals surface area contributed by atoms with Crippen LogP contribution in [-0.2, 0) is 11.3 Å². The molecule has 2 aromatic rings. The van der Waals surface area contributed by atoms with E-state index in [2.05, 4.69) is 5.32 Å². The third-order valence-electron chi connectivity index (χ3n) is 4.90. The van der Waals surface area contributed by atoms with Crippen molar-refractivity contribution in [3.63, 3.8) is 0 Å². The summed E-state index contributed by atoms with van der Waals surface area (Å²) in [4.78, 5) is 14.1. The summed E-state index contributed by atoms with van der Waals surface area (Å²) in [7, 11) is 1.63. The number of amides is 1. The Bertz CT molecular complexity index is 796. The normalized spacial score (nSPS) is 20.9. The standard InChI is InChI=1S/C20H22N2O4/c1-24-16-7-8-17-18(11-16)26-20(13-21-17)9-10-22(14-20)19(23)25-12-15-5-3-2-4-6-15/h2-8,11,21H,9-10,12-14H2,1H3. The van der Waals surface area contributed by atoms with Crippen LogP contribution in [-0.4, -0.2) is 43.3 Å². The predicted octanol–water partition coefficient (Wildman–Crippen LogP) is 3.28. The Kier molecular flexibility index (Phi) is 4.32. The summed E-state index contributed by atoms with van der Waals surface area (Å²) in [5, 5.41) is 3.40. The zero-order valence-corrected chi connectivity index (χ0v) is 14.7. The van der Waals surface area contributed by atoms with E-state index in [4.69, 9.17) is 14.2 Å². The summed E-state index contributed by atoms with van der Waals surface area (Å²) < 4.78 is 17.0. The van der Waals surface area contributed by atoms with E-state index < -0.39 is 5.60 Å². The van der Waals surface area contributed by atoms with Gasteiger partial charge in [0.25, 0.3) is 0 Å². The number of likely N-dealkylation sites (tertiary alicyclic amines) is 1. The highest BCUT2D eigenvalue weighted by molar-refractivity contribution is 5.69. The molecule has 1 N–H and O–H groups in total. The maximum Gasteiger partial charge on any atom is 0.410 e. The molecule has 136 valence electrons. The predicted molar refractivity (Wildman–Crippen MR) is 97.7 cm³/mol. The molecule has 1 amide bonds. The first-order valence-electron chi connectivity index (χ1n) is 8.74. The number of nitrogens with one attached hydrogen (secondary N) is 1. The van der Waals surface area contributed by atoms with Crippen molar-refractivity contribution in [2.75, 3.05) is 32.1 Å². The van der Waals surface area contributed by atoms with Crippen LogP contribution in [0.1, 0.15) is 12.0 Å². The molecular formula is C20H22N2O4. The summed E-state index contributed by atoms with van der Waals surface area (Å²) in [6.45, 7) is 2.07. The lowest BCUT2D eigenvalue weighted by Gasteiger charge is -2.36. The molecule has 1 spiro atoms. The third kappa shape index (κ3) is 3.27. The molecule has 6 nitrogen and oxygen atoms in total. The molecule has 0 bridgehead atoms. The lowest BCUT2D eigenvalue weighted by atomic mass is 10.0. The maximum absolute atomic E-state index is 12.4. The number of anilines is 1. The fraction of sp³-hybridized carbons (Fsp3) is 0.350.